The minimum Gasteiger partial charge on any atom is -0.493 e. The highest BCUT2D eigenvalue weighted by Crippen LogP contribution is 2.38. The fourth-order valence-corrected chi connectivity index (χ4v) is 2.34. The number of hydrogen-bond acceptors (Lipinski definition) is 4. The summed E-state index contributed by atoms with van der Waals surface area (Å²) in [7, 11) is 3.10. The van der Waals surface area contributed by atoms with Crippen LogP contribution in [0.25, 0.3) is 0 Å². The van der Waals surface area contributed by atoms with Gasteiger partial charge in [0.15, 0.2) is 11.5 Å². The van der Waals surface area contributed by atoms with E-state index in [2.05, 4.69) is 5.10 Å². The molecule has 1 aromatic carbocycles. The second kappa shape index (κ2) is 5.81. The Balaban J connectivity index is 2.41. The monoisotopic (exact) mass is 315 g/mol. The maximum absolute atomic E-state index is 6.32. The molecule has 0 amide bonds. The smallest absolute Gasteiger partial charge is 0.179 e. The molecule has 0 saturated heterocycles. The fourth-order valence-electron chi connectivity index (χ4n) is 1.91. The Morgan fingerprint density at radius 1 is 1.20 bits per heavy atom. The van der Waals surface area contributed by atoms with E-state index in [9.17, 15) is 0 Å². The van der Waals surface area contributed by atoms with Crippen LogP contribution in [0.1, 0.15) is 11.3 Å². The molecular formula is C13H15Cl2N3O2. The second-order valence-electron chi connectivity index (χ2n) is 4.22. The number of hydrogen-bond donors (Lipinski definition) is 1. The van der Waals surface area contributed by atoms with Gasteiger partial charge in [-0.05, 0) is 18.6 Å². The number of nitrogen functional groups attached to an aromatic ring is 1. The first kappa shape index (κ1) is 14.8. The van der Waals surface area contributed by atoms with Crippen LogP contribution in [0.4, 0.5) is 5.82 Å². The third kappa shape index (κ3) is 2.51. The number of methoxy groups -OCH3 is 2. The van der Waals surface area contributed by atoms with Gasteiger partial charge in [0, 0.05) is 0 Å². The first-order valence-corrected chi connectivity index (χ1v) is 6.62. The third-order valence-corrected chi connectivity index (χ3v) is 3.86. The normalized spacial score (nSPS) is 10.7. The summed E-state index contributed by atoms with van der Waals surface area (Å²) in [6, 6.07) is 3.63. The summed E-state index contributed by atoms with van der Waals surface area (Å²) in [4.78, 5) is 0. The van der Waals surface area contributed by atoms with Crippen LogP contribution in [0.5, 0.6) is 11.5 Å². The number of nitrogens with zero attached hydrogens (tertiary/aromatic N) is 2. The zero-order chi connectivity index (χ0) is 14.9. The Bertz CT molecular complexity index is 641. The number of nitrogens with two attached hydrogens (primary N) is 1. The van der Waals surface area contributed by atoms with Crippen molar-refractivity contribution in [3.8, 4) is 11.5 Å². The number of aromatic nitrogens is 2. The molecule has 0 bridgehead atoms. The Morgan fingerprint density at radius 2 is 1.90 bits per heavy atom. The van der Waals surface area contributed by atoms with Crippen molar-refractivity contribution in [1.29, 1.82) is 0 Å². The number of ether oxygens (including phenoxy) is 2. The van der Waals surface area contributed by atoms with Crippen LogP contribution >= 0.6 is 23.2 Å². The van der Waals surface area contributed by atoms with Gasteiger partial charge in [0.1, 0.15) is 10.8 Å². The Hall–Kier alpha value is -1.59. The summed E-state index contributed by atoms with van der Waals surface area (Å²) in [5, 5.41) is 5.20. The Kier molecular flexibility index (Phi) is 4.30. The highest BCUT2D eigenvalue weighted by atomic mass is 35.5. The standard InChI is InChI=1S/C13H15Cl2N3O2/c1-7-10(14)13(16)18(17-7)6-8-4-5-9(19-2)12(20-3)11(8)15/h4-5H,6,16H2,1-3H3. The fraction of sp³-hybridized carbons (Fsp3) is 0.308. The number of halogens is 2. The highest BCUT2D eigenvalue weighted by Gasteiger charge is 2.16. The molecule has 108 valence electrons. The number of benzene rings is 1. The summed E-state index contributed by atoms with van der Waals surface area (Å²) in [6.45, 7) is 2.20. The zero-order valence-electron chi connectivity index (χ0n) is 11.4. The maximum Gasteiger partial charge on any atom is 0.179 e. The van der Waals surface area contributed by atoms with E-state index in [0.717, 1.165) is 5.56 Å². The van der Waals surface area contributed by atoms with E-state index in [1.165, 1.54) is 7.11 Å². The van der Waals surface area contributed by atoms with Crippen molar-refractivity contribution < 1.29 is 9.47 Å². The molecule has 0 spiro atoms. The first-order chi connectivity index (χ1) is 9.49. The van der Waals surface area contributed by atoms with Crippen molar-refractivity contribution in [3.05, 3.63) is 33.4 Å². The molecule has 0 aliphatic rings. The van der Waals surface area contributed by atoms with Crippen LogP contribution in [-0.2, 0) is 6.54 Å². The summed E-state index contributed by atoms with van der Waals surface area (Å²) < 4.78 is 12.1. The molecule has 5 nitrogen and oxygen atoms in total. The number of rotatable bonds is 4. The summed E-state index contributed by atoms with van der Waals surface area (Å²) in [5.41, 5.74) is 7.39. The van der Waals surface area contributed by atoms with E-state index < -0.39 is 0 Å². The average molecular weight is 316 g/mol. The summed E-state index contributed by atoms with van der Waals surface area (Å²) >= 11 is 12.3. The minimum atomic E-state index is 0.401. The third-order valence-electron chi connectivity index (χ3n) is 2.98. The molecule has 0 aliphatic carbocycles. The van der Waals surface area contributed by atoms with Crippen molar-refractivity contribution in [1.82, 2.24) is 9.78 Å². The van der Waals surface area contributed by atoms with Crippen LogP contribution in [0.3, 0.4) is 0 Å². The minimum absolute atomic E-state index is 0.401. The predicted molar refractivity (Wildman–Crippen MR) is 80.0 cm³/mol. The molecule has 0 radical (unpaired) electrons. The van der Waals surface area contributed by atoms with Crippen LogP contribution < -0.4 is 15.2 Å². The lowest BCUT2D eigenvalue weighted by molar-refractivity contribution is 0.354. The van der Waals surface area contributed by atoms with Gasteiger partial charge in [-0.1, -0.05) is 29.3 Å². The van der Waals surface area contributed by atoms with Gasteiger partial charge < -0.3 is 15.2 Å². The molecule has 7 heteroatoms. The van der Waals surface area contributed by atoms with E-state index in [4.69, 9.17) is 38.4 Å². The lowest BCUT2D eigenvalue weighted by atomic mass is 10.2. The summed E-state index contributed by atoms with van der Waals surface area (Å²) in [6.07, 6.45) is 0. The van der Waals surface area contributed by atoms with Gasteiger partial charge in [0.05, 0.1) is 31.5 Å². The van der Waals surface area contributed by atoms with Crippen LogP contribution in [0.15, 0.2) is 12.1 Å². The van der Waals surface area contributed by atoms with Gasteiger partial charge in [-0.25, -0.2) is 4.68 Å². The van der Waals surface area contributed by atoms with E-state index in [0.29, 0.717) is 39.6 Å². The second-order valence-corrected chi connectivity index (χ2v) is 4.97. The lowest BCUT2D eigenvalue weighted by Gasteiger charge is -2.13. The van der Waals surface area contributed by atoms with Gasteiger partial charge in [-0.2, -0.15) is 5.10 Å². The van der Waals surface area contributed by atoms with Gasteiger partial charge in [-0.3, -0.25) is 0 Å². The van der Waals surface area contributed by atoms with Crippen molar-refractivity contribution in [3.63, 3.8) is 0 Å². The van der Waals surface area contributed by atoms with E-state index in [-0.39, 0.29) is 0 Å². The molecule has 0 aliphatic heterocycles. The number of aryl methyl sites for hydroxylation is 1. The first-order valence-electron chi connectivity index (χ1n) is 5.87. The number of anilines is 1. The predicted octanol–water partition coefficient (Wildman–Crippen LogP) is 3.15. The molecule has 1 aromatic heterocycles. The molecule has 2 aromatic rings. The molecule has 20 heavy (non-hydrogen) atoms. The molecule has 0 atom stereocenters. The van der Waals surface area contributed by atoms with E-state index in [1.807, 2.05) is 6.07 Å². The zero-order valence-corrected chi connectivity index (χ0v) is 12.9. The van der Waals surface area contributed by atoms with Crippen molar-refractivity contribution >= 4 is 29.0 Å². The van der Waals surface area contributed by atoms with Gasteiger partial charge in [0.2, 0.25) is 0 Å². The maximum atomic E-state index is 6.32. The molecular weight excluding hydrogens is 301 g/mol. The molecule has 0 saturated carbocycles. The van der Waals surface area contributed by atoms with Gasteiger partial charge >= 0.3 is 0 Å². The van der Waals surface area contributed by atoms with E-state index >= 15 is 0 Å². The quantitative estimate of drug-likeness (QED) is 0.941. The van der Waals surface area contributed by atoms with Crippen molar-refractivity contribution in [2.75, 3.05) is 20.0 Å². The average Bonchev–Trinajstić information content (AvgIpc) is 2.68. The molecule has 2 N–H and O–H groups in total. The van der Waals surface area contributed by atoms with Gasteiger partial charge in [0.25, 0.3) is 0 Å². The van der Waals surface area contributed by atoms with E-state index in [1.54, 1.807) is 24.8 Å². The van der Waals surface area contributed by atoms with Crippen LogP contribution in [0, 0.1) is 6.92 Å². The van der Waals surface area contributed by atoms with Crippen LogP contribution in [-0.4, -0.2) is 24.0 Å². The molecule has 1 heterocycles. The van der Waals surface area contributed by atoms with Crippen LogP contribution in [0.2, 0.25) is 10.0 Å². The largest absolute Gasteiger partial charge is 0.493 e. The summed E-state index contributed by atoms with van der Waals surface area (Å²) in [5.74, 6) is 1.47. The van der Waals surface area contributed by atoms with Crippen molar-refractivity contribution in [2.45, 2.75) is 13.5 Å². The van der Waals surface area contributed by atoms with Crippen molar-refractivity contribution in [2.24, 2.45) is 0 Å². The SMILES string of the molecule is COc1ccc(Cn2nc(C)c(Cl)c2N)c(Cl)c1OC. The molecule has 0 fully saturated rings. The molecule has 0 unspecified atom stereocenters. The lowest BCUT2D eigenvalue weighted by Crippen LogP contribution is -2.07. The Labute approximate surface area is 127 Å². The van der Waals surface area contributed by atoms with Gasteiger partial charge in [-0.15, -0.1) is 0 Å². The highest BCUT2D eigenvalue weighted by molar-refractivity contribution is 6.33. The topological polar surface area (TPSA) is 62.3 Å². The Morgan fingerprint density at radius 3 is 2.40 bits per heavy atom. The molecule has 2 rings (SSSR count).